The highest BCUT2D eigenvalue weighted by molar-refractivity contribution is 5.85. The van der Waals surface area contributed by atoms with Gasteiger partial charge in [-0.15, -0.1) is 0 Å². The number of aryl methyl sites for hydroxylation is 2. The van der Waals surface area contributed by atoms with Crippen molar-refractivity contribution >= 4 is 16.6 Å². The summed E-state index contributed by atoms with van der Waals surface area (Å²) >= 11 is 0. The van der Waals surface area contributed by atoms with E-state index in [1.807, 2.05) is 29.2 Å². The van der Waals surface area contributed by atoms with Gasteiger partial charge < -0.3 is 19.6 Å². The van der Waals surface area contributed by atoms with Crippen LogP contribution < -0.4 is 10.1 Å². The molecule has 2 heterocycles. The Balaban J connectivity index is 1.30. The second-order valence-corrected chi connectivity index (χ2v) is 7.86. The first-order valence-electron chi connectivity index (χ1n) is 10.3. The van der Waals surface area contributed by atoms with Gasteiger partial charge in [0, 0.05) is 35.0 Å². The number of H-pyrrole nitrogens is 1. The van der Waals surface area contributed by atoms with E-state index in [2.05, 4.69) is 52.5 Å². The zero-order valence-electron chi connectivity index (χ0n) is 16.7. The van der Waals surface area contributed by atoms with E-state index in [0.717, 1.165) is 37.2 Å². The molecule has 1 aliphatic carbocycles. The van der Waals surface area contributed by atoms with Crippen LogP contribution in [0.3, 0.4) is 0 Å². The first kappa shape index (κ1) is 17.9. The minimum absolute atomic E-state index is 0.403. The highest BCUT2D eigenvalue weighted by Crippen LogP contribution is 2.32. The van der Waals surface area contributed by atoms with Crippen LogP contribution in [0.1, 0.15) is 23.2 Å². The van der Waals surface area contributed by atoms with Crippen LogP contribution in [0.5, 0.6) is 5.75 Å². The van der Waals surface area contributed by atoms with Crippen LogP contribution in [0.4, 0.5) is 5.69 Å². The Bertz CT molecular complexity index is 1110. The monoisotopic (exact) mass is 386 g/mol. The maximum absolute atomic E-state index is 6.08. The minimum atomic E-state index is 0.403. The first-order chi connectivity index (χ1) is 14.3. The van der Waals surface area contributed by atoms with E-state index < -0.39 is 0 Å². The quantitative estimate of drug-likeness (QED) is 0.504. The predicted molar refractivity (Wildman–Crippen MR) is 117 cm³/mol. The molecule has 2 aromatic heterocycles. The number of fused-ring (bicyclic) bond motifs is 3. The van der Waals surface area contributed by atoms with Crippen LogP contribution in [0.15, 0.2) is 61.2 Å². The van der Waals surface area contributed by atoms with Gasteiger partial charge in [0.15, 0.2) is 0 Å². The van der Waals surface area contributed by atoms with Gasteiger partial charge in [-0.05, 0) is 56.0 Å². The number of hydrogen-bond donors (Lipinski definition) is 2. The number of aromatic amines is 1. The highest BCUT2D eigenvalue weighted by atomic mass is 16.5. The molecule has 5 nitrogen and oxygen atoms in total. The number of para-hydroxylation sites is 2. The van der Waals surface area contributed by atoms with E-state index in [9.17, 15) is 0 Å². The number of hydrogen-bond acceptors (Lipinski definition) is 3. The van der Waals surface area contributed by atoms with E-state index in [1.165, 1.54) is 27.7 Å². The molecule has 0 aliphatic heterocycles. The van der Waals surface area contributed by atoms with Gasteiger partial charge in [-0.25, -0.2) is 4.98 Å². The number of anilines is 1. The Labute approximate surface area is 170 Å². The molecule has 148 valence electrons. The van der Waals surface area contributed by atoms with Crippen LogP contribution >= 0.6 is 0 Å². The Morgan fingerprint density at radius 1 is 1.24 bits per heavy atom. The molecule has 2 N–H and O–H groups in total. The fraction of sp³-hybridized carbons (Fsp3) is 0.292. The van der Waals surface area contributed by atoms with E-state index in [0.29, 0.717) is 12.6 Å². The maximum atomic E-state index is 6.08. The molecule has 1 aliphatic rings. The fourth-order valence-electron chi connectivity index (χ4n) is 4.27. The molecule has 0 saturated carbocycles. The molecular weight excluding hydrogens is 360 g/mol. The Morgan fingerprint density at radius 2 is 2.17 bits per heavy atom. The average molecular weight is 386 g/mol. The third kappa shape index (κ3) is 3.73. The molecule has 1 atom stereocenters. The summed E-state index contributed by atoms with van der Waals surface area (Å²) in [7, 11) is 0. The fourth-order valence-corrected chi connectivity index (χ4v) is 4.27. The van der Waals surface area contributed by atoms with Crippen LogP contribution in [0, 0.1) is 6.92 Å². The van der Waals surface area contributed by atoms with Gasteiger partial charge in [0.1, 0.15) is 12.4 Å². The summed E-state index contributed by atoms with van der Waals surface area (Å²) in [6.07, 6.45) is 8.78. The largest absolute Gasteiger partial charge is 0.490 e. The summed E-state index contributed by atoms with van der Waals surface area (Å²) in [6, 6.07) is 15.3. The SMILES string of the molecule is Cc1ccc2[nH]c3c(c2c1)CC(Nc1ccccc1OCCn1ccnc1)CC3. The minimum Gasteiger partial charge on any atom is -0.490 e. The molecule has 4 aromatic rings. The summed E-state index contributed by atoms with van der Waals surface area (Å²) in [5, 5.41) is 5.12. The van der Waals surface area contributed by atoms with Gasteiger partial charge >= 0.3 is 0 Å². The number of benzene rings is 2. The van der Waals surface area contributed by atoms with E-state index in [-0.39, 0.29) is 0 Å². The zero-order valence-corrected chi connectivity index (χ0v) is 16.7. The molecule has 0 fully saturated rings. The molecule has 0 saturated heterocycles. The summed E-state index contributed by atoms with van der Waals surface area (Å²) in [5.74, 6) is 0.910. The number of rotatable bonds is 6. The Morgan fingerprint density at radius 3 is 3.07 bits per heavy atom. The Kier molecular flexibility index (Phi) is 4.72. The van der Waals surface area contributed by atoms with Crippen molar-refractivity contribution in [1.29, 1.82) is 0 Å². The summed E-state index contributed by atoms with van der Waals surface area (Å²) in [6.45, 7) is 3.57. The van der Waals surface area contributed by atoms with E-state index >= 15 is 0 Å². The highest BCUT2D eigenvalue weighted by Gasteiger charge is 2.23. The molecule has 5 heteroatoms. The van der Waals surface area contributed by atoms with Gasteiger partial charge in [-0.2, -0.15) is 0 Å². The first-order valence-corrected chi connectivity index (χ1v) is 10.3. The van der Waals surface area contributed by atoms with Crippen LogP contribution in [-0.4, -0.2) is 27.2 Å². The second kappa shape index (κ2) is 7.66. The molecular formula is C24H26N4O. The van der Waals surface area contributed by atoms with Crippen LogP contribution in [0.25, 0.3) is 10.9 Å². The van der Waals surface area contributed by atoms with Crippen molar-refractivity contribution in [2.45, 2.75) is 38.8 Å². The van der Waals surface area contributed by atoms with E-state index in [4.69, 9.17) is 4.74 Å². The van der Waals surface area contributed by atoms with Gasteiger partial charge in [0.25, 0.3) is 0 Å². The molecule has 0 bridgehead atoms. The molecule has 0 spiro atoms. The smallest absolute Gasteiger partial charge is 0.142 e. The Hall–Kier alpha value is -3.21. The van der Waals surface area contributed by atoms with Crippen molar-refractivity contribution < 1.29 is 4.74 Å². The van der Waals surface area contributed by atoms with Crippen LogP contribution in [-0.2, 0) is 19.4 Å². The number of ether oxygens (including phenoxy) is 1. The maximum Gasteiger partial charge on any atom is 0.142 e. The molecule has 0 amide bonds. The van der Waals surface area contributed by atoms with Crippen molar-refractivity contribution in [2.24, 2.45) is 0 Å². The average Bonchev–Trinajstić information content (AvgIpc) is 3.37. The van der Waals surface area contributed by atoms with Gasteiger partial charge in [-0.1, -0.05) is 23.8 Å². The van der Waals surface area contributed by atoms with Gasteiger partial charge in [0.2, 0.25) is 0 Å². The number of nitrogens with one attached hydrogen (secondary N) is 2. The van der Waals surface area contributed by atoms with Crippen molar-refractivity contribution in [2.75, 3.05) is 11.9 Å². The summed E-state index contributed by atoms with van der Waals surface area (Å²) in [4.78, 5) is 7.70. The summed E-state index contributed by atoms with van der Waals surface area (Å²) < 4.78 is 8.10. The van der Waals surface area contributed by atoms with Gasteiger partial charge in [-0.3, -0.25) is 0 Å². The van der Waals surface area contributed by atoms with Crippen molar-refractivity contribution in [3.8, 4) is 5.75 Å². The molecule has 29 heavy (non-hydrogen) atoms. The third-order valence-corrected chi connectivity index (χ3v) is 5.76. The lowest BCUT2D eigenvalue weighted by molar-refractivity contribution is 0.299. The second-order valence-electron chi connectivity index (χ2n) is 7.86. The van der Waals surface area contributed by atoms with Crippen molar-refractivity contribution in [3.63, 3.8) is 0 Å². The molecule has 1 unspecified atom stereocenters. The number of imidazole rings is 1. The number of nitrogens with zero attached hydrogens (tertiary/aromatic N) is 2. The molecule has 2 aromatic carbocycles. The lowest BCUT2D eigenvalue weighted by Gasteiger charge is -2.26. The third-order valence-electron chi connectivity index (χ3n) is 5.76. The zero-order chi connectivity index (χ0) is 19.6. The van der Waals surface area contributed by atoms with Gasteiger partial charge in [0.05, 0.1) is 18.6 Å². The standard InChI is InChI=1S/C24H26N4O/c1-17-6-8-21-19(14-17)20-15-18(7-9-22(20)27-21)26-23-4-2-3-5-24(23)29-13-12-28-11-10-25-16-28/h2-6,8,10-11,14,16,18,26-27H,7,9,12-13,15H2,1H3. The number of aromatic nitrogens is 3. The van der Waals surface area contributed by atoms with Crippen molar-refractivity contribution in [3.05, 3.63) is 78.0 Å². The summed E-state index contributed by atoms with van der Waals surface area (Å²) in [5.41, 5.74) is 6.50. The van der Waals surface area contributed by atoms with Crippen molar-refractivity contribution in [1.82, 2.24) is 14.5 Å². The van der Waals surface area contributed by atoms with E-state index in [1.54, 1.807) is 6.20 Å². The molecule has 0 radical (unpaired) electrons. The predicted octanol–water partition coefficient (Wildman–Crippen LogP) is 4.72. The molecule has 5 rings (SSSR count). The lowest BCUT2D eigenvalue weighted by Crippen LogP contribution is -2.27. The normalized spacial score (nSPS) is 16.0. The van der Waals surface area contributed by atoms with Crippen LogP contribution in [0.2, 0.25) is 0 Å². The topological polar surface area (TPSA) is 54.9 Å². The lowest BCUT2D eigenvalue weighted by atomic mass is 9.91.